The molecule has 0 aromatic heterocycles. The first-order chi connectivity index (χ1) is 10.00. The van der Waals surface area contributed by atoms with Gasteiger partial charge in [0.1, 0.15) is 0 Å². The van der Waals surface area contributed by atoms with Crippen molar-refractivity contribution in [2.75, 3.05) is 16.6 Å². The number of para-hydroxylation sites is 1. The number of anilines is 2. The molecule has 3 rings (SSSR count). The van der Waals surface area contributed by atoms with Crippen LogP contribution in [0.5, 0.6) is 0 Å². The highest BCUT2D eigenvalue weighted by molar-refractivity contribution is 7.92. The third kappa shape index (κ3) is 2.47. The van der Waals surface area contributed by atoms with E-state index in [4.69, 9.17) is 17.3 Å². The molecule has 1 heterocycles. The van der Waals surface area contributed by atoms with Gasteiger partial charge in [-0.15, -0.1) is 0 Å². The van der Waals surface area contributed by atoms with Crippen molar-refractivity contribution >= 4 is 33.0 Å². The molecule has 1 aliphatic heterocycles. The number of nitrogens with two attached hydrogens (primary N) is 1. The van der Waals surface area contributed by atoms with Gasteiger partial charge >= 0.3 is 0 Å². The van der Waals surface area contributed by atoms with Crippen LogP contribution in [0.25, 0.3) is 0 Å². The first kappa shape index (κ1) is 14.2. The van der Waals surface area contributed by atoms with Gasteiger partial charge in [0.15, 0.2) is 0 Å². The summed E-state index contributed by atoms with van der Waals surface area (Å²) in [7, 11) is -3.62. The monoisotopic (exact) mass is 322 g/mol. The van der Waals surface area contributed by atoms with Crippen LogP contribution in [-0.4, -0.2) is 15.0 Å². The Bertz CT molecular complexity index is 790. The fourth-order valence-corrected chi connectivity index (χ4v) is 4.36. The predicted molar refractivity (Wildman–Crippen MR) is 85.2 cm³/mol. The van der Waals surface area contributed by atoms with Gasteiger partial charge in [-0.2, -0.15) is 0 Å². The Balaban J connectivity index is 2.09. The second-order valence-corrected chi connectivity index (χ2v) is 7.26. The minimum absolute atomic E-state index is 0.165. The SMILES string of the molecule is Nc1ccc(S(=O)(=O)N2CCCc3ccccc32)cc1Cl. The van der Waals surface area contributed by atoms with E-state index in [1.165, 1.54) is 22.5 Å². The Hall–Kier alpha value is -1.72. The van der Waals surface area contributed by atoms with Gasteiger partial charge in [0.25, 0.3) is 10.0 Å². The molecular weight excluding hydrogens is 308 g/mol. The molecule has 0 radical (unpaired) electrons. The molecule has 2 aromatic rings. The van der Waals surface area contributed by atoms with E-state index in [-0.39, 0.29) is 9.92 Å². The predicted octanol–water partition coefficient (Wildman–Crippen LogP) is 3.06. The zero-order chi connectivity index (χ0) is 15.0. The summed E-state index contributed by atoms with van der Waals surface area (Å²) in [6.07, 6.45) is 1.70. The Morgan fingerprint density at radius 1 is 1.14 bits per heavy atom. The first-order valence-corrected chi connectivity index (χ1v) is 8.47. The summed E-state index contributed by atoms with van der Waals surface area (Å²) < 4.78 is 27.1. The largest absolute Gasteiger partial charge is 0.398 e. The molecule has 2 aromatic carbocycles. The molecule has 0 amide bonds. The molecule has 0 aliphatic carbocycles. The maximum Gasteiger partial charge on any atom is 0.264 e. The number of rotatable bonds is 2. The van der Waals surface area contributed by atoms with Crippen LogP contribution in [0.3, 0.4) is 0 Å². The van der Waals surface area contributed by atoms with Crippen molar-refractivity contribution < 1.29 is 8.42 Å². The molecule has 2 N–H and O–H groups in total. The molecule has 0 bridgehead atoms. The van der Waals surface area contributed by atoms with E-state index in [0.717, 1.165) is 24.1 Å². The summed E-state index contributed by atoms with van der Waals surface area (Å²) in [5.74, 6) is 0. The Morgan fingerprint density at radius 3 is 2.67 bits per heavy atom. The van der Waals surface area contributed by atoms with Crippen molar-refractivity contribution in [1.82, 2.24) is 0 Å². The van der Waals surface area contributed by atoms with Crippen LogP contribution >= 0.6 is 11.6 Å². The molecule has 21 heavy (non-hydrogen) atoms. The van der Waals surface area contributed by atoms with E-state index in [2.05, 4.69) is 0 Å². The van der Waals surface area contributed by atoms with E-state index in [0.29, 0.717) is 12.2 Å². The van der Waals surface area contributed by atoms with Crippen molar-refractivity contribution in [1.29, 1.82) is 0 Å². The third-order valence-electron chi connectivity index (χ3n) is 3.63. The summed E-state index contributed by atoms with van der Waals surface area (Å²) in [6, 6.07) is 12.0. The van der Waals surface area contributed by atoms with Crippen LogP contribution < -0.4 is 10.0 Å². The molecule has 110 valence electrons. The molecule has 4 nitrogen and oxygen atoms in total. The van der Waals surface area contributed by atoms with Crippen molar-refractivity contribution in [3.63, 3.8) is 0 Å². The van der Waals surface area contributed by atoms with Gasteiger partial charge in [-0.3, -0.25) is 4.31 Å². The van der Waals surface area contributed by atoms with Crippen molar-refractivity contribution in [3.8, 4) is 0 Å². The lowest BCUT2D eigenvalue weighted by Gasteiger charge is -2.30. The lowest BCUT2D eigenvalue weighted by molar-refractivity contribution is 0.586. The Morgan fingerprint density at radius 2 is 1.90 bits per heavy atom. The Labute approximate surface area is 129 Å². The Kier molecular flexibility index (Phi) is 3.55. The molecule has 6 heteroatoms. The van der Waals surface area contributed by atoms with Crippen LogP contribution in [0.2, 0.25) is 5.02 Å². The van der Waals surface area contributed by atoms with Gasteiger partial charge in [-0.1, -0.05) is 29.8 Å². The van der Waals surface area contributed by atoms with Gasteiger partial charge in [0.2, 0.25) is 0 Å². The van der Waals surface area contributed by atoms with E-state index in [1.54, 1.807) is 0 Å². The molecule has 0 atom stereocenters. The molecule has 0 unspecified atom stereocenters. The number of nitrogen functional groups attached to an aromatic ring is 1. The van der Waals surface area contributed by atoms with Crippen LogP contribution in [-0.2, 0) is 16.4 Å². The second kappa shape index (κ2) is 5.24. The highest BCUT2D eigenvalue weighted by atomic mass is 35.5. The minimum atomic E-state index is -3.62. The summed E-state index contributed by atoms with van der Waals surface area (Å²) in [6.45, 7) is 0.474. The maximum absolute atomic E-state index is 12.8. The number of fused-ring (bicyclic) bond motifs is 1. The topological polar surface area (TPSA) is 63.4 Å². The summed E-state index contributed by atoms with van der Waals surface area (Å²) >= 11 is 5.95. The lowest BCUT2D eigenvalue weighted by Crippen LogP contribution is -2.35. The zero-order valence-corrected chi connectivity index (χ0v) is 12.9. The molecule has 0 fully saturated rings. The van der Waals surface area contributed by atoms with Crippen LogP contribution in [0.4, 0.5) is 11.4 Å². The number of nitrogens with zero attached hydrogens (tertiary/aromatic N) is 1. The molecule has 0 spiro atoms. The summed E-state index contributed by atoms with van der Waals surface area (Å²) in [5.41, 5.74) is 7.81. The zero-order valence-electron chi connectivity index (χ0n) is 11.3. The van der Waals surface area contributed by atoms with Crippen LogP contribution in [0.15, 0.2) is 47.4 Å². The number of hydrogen-bond donors (Lipinski definition) is 1. The van der Waals surface area contributed by atoms with E-state index >= 15 is 0 Å². The number of hydrogen-bond acceptors (Lipinski definition) is 3. The normalized spacial score (nSPS) is 14.8. The molecule has 1 aliphatic rings. The highest BCUT2D eigenvalue weighted by Crippen LogP contribution is 2.33. The lowest BCUT2D eigenvalue weighted by atomic mass is 10.0. The number of benzene rings is 2. The van der Waals surface area contributed by atoms with Gasteiger partial charge in [-0.25, -0.2) is 8.42 Å². The van der Waals surface area contributed by atoms with Gasteiger partial charge in [0.05, 0.1) is 21.3 Å². The number of aryl methyl sites for hydroxylation is 1. The van der Waals surface area contributed by atoms with Crippen molar-refractivity contribution in [3.05, 3.63) is 53.1 Å². The quantitative estimate of drug-likeness (QED) is 0.864. The first-order valence-electron chi connectivity index (χ1n) is 6.66. The smallest absolute Gasteiger partial charge is 0.264 e. The maximum atomic E-state index is 12.8. The number of halogens is 1. The van der Waals surface area contributed by atoms with Crippen molar-refractivity contribution in [2.45, 2.75) is 17.7 Å². The summed E-state index contributed by atoms with van der Waals surface area (Å²) in [4.78, 5) is 0.165. The fraction of sp³-hybridized carbons (Fsp3) is 0.200. The van der Waals surface area contributed by atoms with Crippen LogP contribution in [0, 0.1) is 0 Å². The summed E-state index contributed by atoms with van der Waals surface area (Å²) in [5, 5.41) is 0.251. The fourth-order valence-electron chi connectivity index (χ4n) is 2.54. The van der Waals surface area contributed by atoms with Crippen molar-refractivity contribution in [2.24, 2.45) is 0 Å². The average molecular weight is 323 g/mol. The van der Waals surface area contributed by atoms with Gasteiger partial charge in [0, 0.05) is 6.54 Å². The molecule has 0 saturated carbocycles. The minimum Gasteiger partial charge on any atom is -0.398 e. The van der Waals surface area contributed by atoms with Gasteiger partial charge in [-0.05, 0) is 42.7 Å². The second-order valence-electron chi connectivity index (χ2n) is 4.99. The molecule has 0 saturated heterocycles. The van der Waals surface area contributed by atoms with E-state index < -0.39 is 10.0 Å². The van der Waals surface area contributed by atoms with E-state index in [9.17, 15) is 8.42 Å². The molecular formula is C15H15ClN2O2S. The van der Waals surface area contributed by atoms with Crippen LogP contribution in [0.1, 0.15) is 12.0 Å². The van der Waals surface area contributed by atoms with E-state index in [1.807, 2.05) is 24.3 Å². The average Bonchev–Trinajstić information content (AvgIpc) is 2.49. The third-order valence-corrected chi connectivity index (χ3v) is 5.76. The highest BCUT2D eigenvalue weighted by Gasteiger charge is 2.29. The number of sulfonamides is 1. The standard InChI is InChI=1S/C15H15ClN2O2S/c16-13-10-12(7-8-14(13)17)21(19,20)18-9-3-5-11-4-1-2-6-15(11)18/h1-2,4,6-8,10H,3,5,9,17H2. The van der Waals surface area contributed by atoms with Gasteiger partial charge < -0.3 is 5.73 Å².